The molecule has 3 aromatic carbocycles. The summed E-state index contributed by atoms with van der Waals surface area (Å²) >= 11 is 0. The molecular formula is C22H16F2O4. The van der Waals surface area contributed by atoms with Gasteiger partial charge >= 0.3 is 5.97 Å². The first kappa shape index (κ1) is 18.1. The van der Waals surface area contributed by atoms with E-state index in [1.807, 2.05) is 30.3 Å². The quantitative estimate of drug-likeness (QED) is 0.600. The van der Waals surface area contributed by atoms with E-state index in [1.165, 1.54) is 36.4 Å². The number of carbonyl (C=O) groups excluding carboxylic acids is 1. The first-order valence-electron chi connectivity index (χ1n) is 8.68. The second kappa shape index (κ2) is 7.78. The number of ether oxygens (including phenoxy) is 3. The summed E-state index contributed by atoms with van der Waals surface area (Å²) in [5.74, 6) is -1.60. The average molecular weight is 382 g/mol. The minimum Gasteiger partial charge on any atom is -0.460 e. The van der Waals surface area contributed by atoms with Crippen molar-refractivity contribution in [1.29, 1.82) is 0 Å². The first-order chi connectivity index (χ1) is 13.6. The van der Waals surface area contributed by atoms with Crippen LogP contribution in [0.4, 0.5) is 8.78 Å². The fourth-order valence-electron chi connectivity index (χ4n) is 3.01. The molecule has 0 aliphatic carbocycles. The molecule has 1 heterocycles. The molecule has 0 unspecified atom stereocenters. The average Bonchev–Trinajstić information content (AvgIpc) is 2.72. The minimum atomic E-state index is -0.831. The largest absolute Gasteiger partial charge is 0.460 e. The van der Waals surface area contributed by atoms with Gasteiger partial charge in [0.25, 0.3) is 0 Å². The van der Waals surface area contributed by atoms with Gasteiger partial charge in [-0.15, -0.1) is 0 Å². The monoisotopic (exact) mass is 382 g/mol. The number of halogens is 2. The van der Waals surface area contributed by atoms with Gasteiger partial charge in [0.1, 0.15) is 24.0 Å². The van der Waals surface area contributed by atoms with Gasteiger partial charge in [-0.1, -0.05) is 42.5 Å². The van der Waals surface area contributed by atoms with Gasteiger partial charge in [0, 0.05) is 16.7 Å². The van der Waals surface area contributed by atoms with Gasteiger partial charge in [0.05, 0.1) is 12.2 Å². The van der Waals surface area contributed by atoms with Crippen LogP contribution in [0.3, 0.4) is 0 Å². The SMILES string of the molecule is O=C(OCc1cc(F)cc2c1O[C@H](c1ccccc1)OC2)c1ccccc1F. The zero-order valence-electron chi connectivity index (χ0n) is 14.7. The summed E-state index contributed by atoms with van der Waals surface area (Å²) < 4.78 is 44.5. The van der Waals surface area contributed by atoms with Crippen molar-refractivity contribution in [3.05, 3.63) is 101 Å². The van der Waals surface area contributed by atoms with E-state index in [0.717, 1.165) is 5.56 Å². The fraction of sp³-hybridized carbons (Fsp3) is 0.136. The highest BCUT2D eigenvalue weighted by Gasteiger charge is 2.26. The Morgan fingerprint density at radius 3 is 2.57 bits per heavy atom. The van der Waals surface area contributed by atoms with Gasteiger partial charge in [-0.2, -0.15) is 0 Å². The summed E-state index contributed by atoms with van der Waals surface area (Å²) in [6.45, 7) is -0.102. The van der Waals surface area contributed by atoms with Crippen LogP contribution in [0.25, 0.3) is 0 Å². The molecule has 28 heavy (non-hydrogen) atoms. The Hall–Kier alpha value is -3.25. The molecule has 0 saturated carbocycles. The van der Waals surface area contributed by atoms with Crippen molar-refractivity contribution in [3.8, 4) is 5.75 Å². The fourth-order valence-corrected chi connectivity index (χ4v) is 3.01. The number of carbonyl (C=O) groups is 1. The molecule has 0 spiro atoms. The predicted octanol–water partition coefficient (Wildman–Crippen LogP) is 4.93. The lowest BCUT2D eigenvalue weighted by atomic mass is 10.1. The third kappa shape index (κ3) is 3.73. The first-order valence-corrected chi connectivity index (χ1v) is 8.68. The van der Waals surface area contributed by atoms with Crippen LogP contribution in [0, 0.1) is 11.6 Å². The van der Waals surface area contributed by atoms with Crippen molar-refractivity contribution in [2.45, 2.75) is 19.5 Å². The van der Waals surface area contributed by atoms with Gasteiger partial charge in [-0.3, -0.25) is 0 Å². The second-order valence-corrected chi connectivity index (χ2v) is 6.28. The topological polar surface area (TPSA) is 44.8 Å². The lowest BCUT2D eigenvalue weighted by Gasteiger charge is -2.28. The van der Waals surface area contributed by atoms with Crippen molar-refractivity contribution in [3.63, 3.8) is 0 Å². The van der Waals surface area contributed by atoms with E-state index in [-0.39, 0.29) is 18.8 Å². The molecule has 0 saturated heterocycles. The van der Waals surface area contributed by atoms with Crippen LogP contribution >= 0.6 is 0 Å². The second-order valence-electron chi connectivity index (χ2n) is 6.28. The normalized spacial score (nSPS) is 15.4. The Balaban J connectivity index is 1.56. The Kier molecular flexibility index (Phi) is 5.04. The lowest BCUT2D eigenvalue weighted by Crippen LogP contribution is -2.20. The minimum absolute atomic E-state index is 0.154. The van der Waals surface area contributed by atoms with Crippen LogP contribution in [0.15, 0.2) is 66.7 Å². The van der Waals surface area contributed by atoms with E-state index >= 15 is 0 Å². The predicted molar refractivity (Wildman–Crippen MR) is 96.5 cm³/mol. The third-order valence-electron chi connectivity index (χ3n) is 4.35. The summed E-state index contributed by atoms with van der Waals surface area (Å²) in [6, 6.07) is 17.4. The maximum Gasteiger partial charge on any atom is 0.341 e. The Bertz CT molecular complexity index is 1000. The van der Waals surface area contributed by atoms with E-state index in [9.17, 15) is 13.6 Å². The summed E-state index contributed by atoms with van der Waals surface area (Å²) in [6.07, 6.45) is -0.653. The highest BCUT2D eigenvalue weighted by Crippen LogP contribution is 2.36. The van der Waals surface area contributed by atoms with Crippen LogP contribution in [-0.2, 0) is 22.7 Å². The van der Waals surface area contributed by atoms with Crippen molar-refractivity contribution in [1.82, 2.24) is 0 Å². The molecule has 4 rings (SSSR count). The van der Waals surface area contributed by atoms with E-state index in [1.54, 1.807) is 0 Å². The Morgan fingerprint density at radius 2 is 1.79 bits per heavy atom. The van der Waals surface area contributed by atoms with E-state index in [2.05, 4.69) is 0 Å². The standard InChI is InChI=1S/C22H16F2O4/c23-17-10-15(12-26-21(25)18-8-4-5-9-19(18)24)20-16(11-17)13-27-22(28-20)14-6-2-1-3-7-14/h1-11,22H,12-13H2/t22-/m1/s1. The van der Waals surface area contributed by atoms with Crippen molar-refractivity contribution in [2.24, 2.45) is 0 Å². The molecule has 3 aromatic rings. The highest BCUT2D eigenvalue weighted by atomic mass is 19.1. The smallest absolute Gasteiger partial charge is 0.341 e. The van der Waals surface area contributed by atoms with Gasteiger partial charge < -0.3 is 14.2 Å². The molecule has 6 heteroatoms. The van der Waals surface area contributed by atoms with Crippen molar-refractivity contribution in [2.75, 3.05) is 0 Å². The number of rotatable bonds is 4. The molecule has 0 aromatic heterocycles. The number of fused-ring (bicyclic) bond motifs is 1. The number of benzene rings is 3. The molecule has 0 N–H and O–H groups in total. The summed E-state index contributed by atoms with van der Waals surface area (Å²) in [5, 5.41) is 0. The Labute approximate surface area is 160 Å². The molecule has 0 fully saturated rings. The van der Waals surface area contributed by atoms with Crippen LogP contribution in [0.5, 0.6) is 5.75 Å². The maximum absolute atomic E-state index is 14.0. The Morgan fingerprint density at radius 1 is 1.04 bits per heavy atom. The van der Waals surface area contributed by atoms with Gasteiger partial charge in [0.15, 0.2) is 0 Å². The van der Waals surface area contributed by atoms with E-state index < -0.39 is 23.9 Å². The highest BCUT2D eigenvalue weighted by molar-refractivity contribution is 5.89. The number of hydrogen-bond donors (Lipinski definition) is 0. The number of hydrogen-bond acceptors (Lipinski definition) is 4. The van der Waals surface area contributed by atoms with Gasteiger partial charge in [-0.05, 0) is 24.3 Å². The molecule has 1 aliphatic heterocycles. The molecule has 0 bridgehead atoms. The third-order valence-corrected chi connectivity index (χ3v) is 4.35. The number of esters is 1. The van der Waals surface area contributed by atoms with Crippen molar-refractivity contribution < 1.29 is 27.8 Å². The molecule has 1 aliphatic rings. The molecule has 1 atom stereocenters. The molecule has 4 nitrogen and oxygen atoms in total. The molecule has 142 valence electrons. The van der Waals surface area contributed by atoms with Crippen LogP contribution in [-0.4, -0.2) is 5.97 Å². The summed E-state index contributed by atoms with van der Waals surface area (Å²) in [7, 11) is 0. The van der Waals surface area contributed by atoms with Gasteiger partial charge in [-0.25, -0.2) is 13.6 Å². The molecule has 0 amide bonds. The maximum atomic E-state index is 14.0. The van der Waals surface area contributed by atoms with E-state index in [4.69, 9.17) is 14.2 Å². The van der Waals surface area contributed by atoms with Gasteiger partial charge in [0.2, 0.25) is 6.29 Å². The van der Waals surface area contributed by atoms with Crippen LogP contribution in [0.2, 0.25) is 0 Å². The summed E-state index contributed by atoms with van der Waals surface area (Å²) in [4.78, 5) is 12.2. The molecule has 0 radical (unpaired) electrons. The zero-order valence-corrected chi connectivity index (χ0v) is 14.7. The molecular weight excluding hydrogens is 366 g/mol. The van der Waals surface area contributed by atoms with Crippen molar-refractivity contribution >= 4 is 5.97 Å². The summed E-state index contributed by atoms with van der Waals surface area (Å²) in [5.41, 5.74) is 1.50. The lowest BCUT2D eigenvalue weighted by molar-refractivity contribution is -0.112. The van der Waals surface area contributed by atoms with E-state index in [0.29, 0.717) is 16.9 Å². The van der Waals surface area contributed by atoms with Crippen LogP contribution in [0.1, 0.15) is 33.3 Å². The van der Waals surface area contributed by atoms with Crippen LogP contribution < -0.4 is 4.74 Å². The zero-order chi connectivity index (χ0) is 19.5.